The number of halogens is 1. The van der Waals surface area contributed by atoms with E-state index < -0.39 is 6.10 Å². The lowest BCUT2D eigenvalue weighted by molar-refractivity contribution is 0.0777. The van der Waals surface area contributed by atoms with Gasteiger partial charge in [0.2, 0.25) is 17.8 Å². The summed E-state index contributed by atoms with van der Waals surface area (Å²) in [6.45, 7) is 5.80. The lowest BCUT2D eigenvalue weighted by Gasteiger charge is -2.39. The van der Waals surface area contributed by atoms with Crippen molar-refractivity contribution in [2.75, 3.05) is 41.4 Å². The molecule has 0 saturated carbocycles. The van der Waals surface area contributed by atoms with Crippen LogP contribution in [-0.2, 0) is 6.54 Å². The van der Waals surface area contributed by atoms with E-state index in [1.165, 1.54) is 24.2 Å². The van der Waals surface area contributed by atoms with E-state index in [-0.39, 0.29) is 25.0 Å². The van der Waals surface area contributed by atoms with E-state index >= 15 is 0 Å². The first-order chi connectivity index (χ1) is 18.9. The van der Waals surface area contributed by atoms with Crippen molar-refractivity contribution in [2.24, 2.45) is 0 Å². The third-order valence-corrected chi connectivity index (χ3v) is 7.35. The molecule has 1 fully saturated rings. The summed E-state index contributed by atoms with van der Waals surface area (Å²) in [5.74, 6) is 1.29. The Morgan fingerprint density at radius 3 is 2.64 bits per heavy atom. The van der Waals surface area contributed by atoms with Crippen molar-refractivity contribution in [2.45, 2.75) is 42.3 Å². The number of aromatic nitrogens is 7. The van der Waals surface area contributed by atoms with E-state index in [1.54, 1.807) is 41.5 Å². The molecule has 39 heavy (non-hydrogen) atoms. The SMILES string of the molecule is Cc1c(Nc2ncnc(N3CCN(c4ncc(Sc5ccccc5F)cn4)[C@H](C)C3)n2)cnn1C[C@H](O)CO. The molecule has 1 aliphatic heterocycles. The zero-order valence-corrected chi connectivity index (χ0v) is 22.3. The maximum atomic E-state index is 14.0. The number of aliphatic hydroxyl groups is 2. The highest BCUT2D eigenvalue weighted by Gasteiger charge is 2.27. The first kappa shape index (κ1) is 26.7. The summed E-state index contributed by atoms with van der Waals surface area (Å²) in [6.07, 6.45) is 5.64. The third-order valence-electron chi connectivity index (χ3n) is 6.35. The minimum atomic E-state index is -0.887. The highest BCUT2D eigenvalue weighted by molar-refractivity contribution is 7.99. The summed E-state index contributed by atoms with van der Waals surface area (Å²) in [5.41, 5.74) is 1.48. The molecule has 4 heterocycles. The average Bonchev–Trinajstić information content (AvgIpc) is 3.28. The summed E-state index contributed by atoms with van der Waals surface area (Å²) < 4.78 is 15.6. The highest BCUT2D eigenvalue weighted by atomic mass is 32.2. The summed E-state index contributed by atoms with van der Waals surface area (Å²) in [7, 11) is 0. The van der Waals surface area contributed by atoms with Crippen molar-refractivity contribution in [3.8, 4) is 0 Å². The van der Waals surface area contributed by atoms with Crippen LogP contribution in [0.25, 0.3) is 0 Å². The van der Waals surface area contributed by atoms with E-state index in [2.05, 4.69) is 52.1 Å². The fourth-order valence-corrected chi connectivity index (χ4v) is 5.01. The number of aliphatic hydroxyl groups excluding tert-OH is 2. The molecule has 1 aromatic carbocycles. The van der Waals surface area contributed by atoms with Crippen LogP contribution in [0.1, 0.15) is 12.6 Å². The van der Waals surface area contributed by atoms with Crippen LogP contribution in [0, 0.1) is 12.7 Å². The lowest BCUT2D eigenvalue weighted by atomic mass is 10.2. The third kappa shape index (κ3) is 6.24. The topological polar surface area (TPSA) is 141 Å². The predicted octanol–water partition coefficient (Wildman–Crippen LogP) is 2.27. The van der Waals surface area contributed by atoms with E-state index in [0.29, 0.717) is 48.1 Å². The van der Waals surface area contributed by atoms with Gasteiger partial charge in [-0.15, -0.1) is 0 Å². The maximum absolute atomic E-state index is 14.0. The summed E-state index contributed by atoms with van der Waals surface area (Å²) in [6, 6.07) is 6.73. The number of rotatable bonds is 9. The Kier molecular flexibility index (Phi) is 8.14. The van der Waals surface area contributed by atoms with Gasteiger partial charge in [-0.3, -0.25) is 4.68 Å². The van der Waals surface area contributed by atoms with Crippen LogP contribution < -0.4 is 15.1 Å². The molecule has 3 N–H and O–H groups in total. The Bertz CT molecular complexity index is 1410. The van der Waals surface area contributed by atoms with E-state index in [9.17, 15) is 9.50 Å². The van der Waals surface area contributed by atoms with Crippen molar-refractivity contribution < 1.29 is 14.6 Å². The van der Waals surface area contributed by atoms with Crippen LogP contribution in [0.3, 0.4) is 0 Å². The Morgan fingerprint density at radius 1 is 1.10 bits per heavy atom. The monoisotopic (exact) mass is 552 g/mol. The first-order valence-electron chi connectivity index (χ1n) is 12.4. The van der Waals surface area contributed by atoms with Crippen molar-refractivity contribution >= 4 is 35.3 Å². The van der Waals surface area contributed by atoms with Gasteiger partial charge in [-0.2, -0.15) is 10.1 Å². The van der Waals surface area contributed by atoms with Gasteiger partial charge in [0.15, 0.2) is 0 Å². The summed E-state index contributed by atoms with van der Waals surface area (Å²) in [5, 5.41) is 26.2. The van der Waals surface area contributed by atoms with Crippen molar-refractivity contribution in [3.63, 3.8) is 0 Å². The molecule has 0 bridgehead atoms. The minimum absolute atomic E-state index is 0.0930. The smallest absolute Gasteiger partial charge is 0.232 e. The van der Waals surface area contributed by atoms with Gasteiger partial charge in [0, 0.05) is 47.9 Å². The second kappa shape index (κ2) is 11.9. The summed E-state index contributed by atoms with van der Waals surface area (Å²) in [4.78, 5) is 27.8. The Balaban J connectivity index is 1.21. The molecule has 2 atom stereocenters. The van der Waals surface area contributed by atoms with Crippen molar-refractivity contribution in [1.82, 2.24) is 34.7 Å². The summed E-state index contributed by atoms with van der Waals surface area (Å²) >= 11 is 1.29. The van der Waals surface area contributed by atoms with Crippen molar-refractivity contribution in [3.05, 3.63) is 60.7 Å². The molecule has 1 aliphatic rings. The molecular formula is C25H29FN10O2S. The molecule has 14 heteroatoms. The van der Waals surface area contributed by atoms with Gasteiger partial charge < -0.3 is 25.3 Å². The molecule has 5 rings (SSSR count). The molecule has 0 spiro atoms. The fraction of sp³-hybridized carbons (Fsp3) is 0.360. The van der Waals surface area contributed by atoms with Gasteiger partial charge in [0.25, 0.3) is 0 Å². The maximum Gasteiger partial charge on any atom is 0.232 e. The Morgan fingerprint density at radius 2 is 1.90 bits per heavy atom. The zero-order chi connectivity index (χ0) is 27.4. The van der Waals surface area contributed by atoms with Crippen molar-refractivity contribution in [1.29, 1.82) is 0 Å². The van der Waals surface area contributed by atoms with Crippen LogP contribution in [0.15, 0.2) is 59.0 Å². The van der Waals surface area contributed by atoms with E-state index in [1.807, 2.05) is 6.92 Å². The molecule has 12 nitrogen and oxygen atoms in total. The number of benzene rings is 1. The van der Waals surface area contributed by atoms with Crippen LogP contribution in [0.2, 0.25) is 0 Å². The van der Waals surface area contributed by atoms with Gasteiger partial charge in [0.05, 0.1) is 36.8 Å². The molecule has 3 aromatic heterocycles. The van der Waals surface area contributed by atoms with Gasteiger partial charge in [-0.05, 0) is 26.0 Å². The van der Waals surface area contributed by atoms with E-state index in [4.69, 9.17) is 5.11 Å². The molecule has 0 aliphatic carbocycles. The molecule has 0 amide bonds. The average molecular weight is 553 g/mol. The van der Waals surface area contributed by atoms with E-state index in [0.717, 1.165) is 10.6 Å². The number of piperazine rings is 1. The number of nitrogens with one attached hydrogen (secondary N) is 1. The Labute approximate surface area is 229 Å². The zero-order valence-electron chi connectivity index (χ0n) is 21.5. The molecular weight excluding hydrogens is 523 g/mol. The quantitative estimate of drug-likeness (QED) is 0.280. The highest BCUT2D eigenvalue weighted by Crippen LogP contribution is 2.29. The van der Waals surface area contributed by atoms with Gasteiger partial charge >= 0.3 is 0 Å². The standard InChI is InChI=1S/C25H29FN10O2S/c1-16-12-34(7-8-35(16)24-27-9-19(10-28-24)39-22-6-4-3-5-20(22)26)25-30-15-29-23(33-25)32-21-11-31-36(17(21)2)13-18(38)14-37/h3-6,9-11,15-16,18,37-38H,7-8,12-14H2,1-2H3,(H,29,30,32,33)/t16-,18+/m1/s1. The molecule has 204 valence electrons. The first-order valence-corrected chi connectivity index (χ1v) is 13.3. The van der Waals surface area contributed by atoms with Crippen LogP contribution in [-0.4, -0.2) is 83.3 Å². The molecule has 0 unspecified atom stereocenters. The minimum Gasteiger partial charge on any atom is -0.394 e. The second-order valence-corrected chi connectivity index (χ2v) is 10.3. The predicted molar refractivity (Wildman–Crippen MR) is 145 cm³/mol. The van der Waals surface area contributed by atoms with Gasteiger partial charge in [0.1, 0.15) is 12.1 Å². The second-order valence-electron chi connectivity index (χ2n) is 9.14. The largest absolute Gasteiger partial charge is 0.394 e. The number of anilines is 4. The molecule has 4 aromatic rings. The molecule has 1 saturated heterocycles. The fourth-order valence-electron chi connectivity index (χ4n) is 4.23. The van der Waals surface area contributed by atoms with Crippen LogP contribution in [0.4, 0.5) is 27.9 Å². The number of hydrogen-bond donors (Lipinski definition) is 3. The van der Waals surface area contributed by atoms with Gasteiger partial charge in [-0.1, -0.05) is 23.9 Å². The van der Waals surface area contributed by atoms with Gasteiger partial charge in [-0.25, -0.2) is 24.3 Å². The lowest BCUT2D eigenvalue weighted by Crippen LogP contribution is -2.53. The molecule has 0 radical (unpaired) electrons. The normalized spacial score (nSPS) is 16.4. The van der Waals surface area contributed by atoms with Crippen LogP contribution >= 0.6 is 11.8 Å². The van der Waals surface area contributed by atoms with Crippen LogP contribution in [0.5, 0.6) is 0 Å². The Hall–Kier alpha value is -3.88. The number of hydrogen-bond acceptors (Lipinski definition) is 12. The number of nitrogens with zero attached hydrogens (tertiary/aromatic N) is 9.